The van der Waals surface area contributed by atoms with Crippen LogP contribution in [-0.2, 0) is 4.79 Å². The van der Waals surface area contributed by atoms with E-state index in [1.807, 2.05) is 0 Å². The molecule has 96 valence electrons. The molecule has 0 saturated carbocycles. The van der Waals surface area contributed by atoms with E-state index in [1.165, 1.54) is 6.92 Å². The van der Waals surface area contributed by atoms with E-state index in [-0.39, 0.29) is 12.5 Å². The Bertz CT molecular complexity index is 552. The van der Waals surface area contributed by atoms with Gasteiger partial charge >= 0.3 is 0 Å². The van der Waals surface area contributed by atoms with E-state index in [1.54, 1.807) is 24.5 Å². The van der Waals surface area contributed by atoms with Crippen LogP contribution in [0.25, 0.3) is 11.0 Å². The Morgan fingerprint density at radius 3 is 3.00 bits per heavy atom. The van der Waals surface area contributed by atoms with E-state index in [0.29, 0.717) is 5.56 Å². The highest BCUT2D eigenvalue weighted by Gasteiger charge is 2.19. The summed E-state index contributed by atoms with van der Waals surface area (Å²) in [5.74, 6) is -0.245. The summed E-state index contributed by atoms with van der Waals surface area (Å²) in [6, 6.07) is 5.18. The van der Waals surface area contributed by atoms with Crippen molar-refractivity contribution in [3.63, 3.8) is 0 Å². The van der Waals surface area contributed by atoms with Crippen LogP contribution < -0.4 is 5.32 Å². The van der Waals surface area contributed by atoms with Gasteiger partial charge < -0.3 is 20.5 Å². The molecular formula is C12H15N3O3. The lowest BCUT2D eigenvalue weighted by Crippen LogP contribution is -2.34. The molecule has 0 fully saturated rings. The minimum atomic E-state index is -1.05. The molecule has 2 aromatic rings. The zero-order valence-corrected chi connectivity index (χ0v) is 9.92. The molecular weight excluding hydrogens is 234 g/mol. The Kier molecular flexibility index (Phi) is 3.59. The van der Waals surface area contributed by atoms with Gasteiger partial charge in [0, 0.05) is 13.5 Å². The SMILES string of the molecule is CC(=O)NCC(O)C(O)c1ccc2nc[nH]c2c1. The maximum atomic E-state index is 10.7. The van der Waals surface area contributed by atoms with Crippen LogP contribution in [0, 0.1) is 0 Å². The highest BCUT2D eigenvalue weighted by molar-refractivity contribution is 5.75. The smallest absolute Gasteiger partial charge is 0.216 e. The van der Waals surface area contributed by atoms with Gasteiger partial charge in [0.2, 0.25) is 5.91 Å². The maximum Gasteiger partial charge on any atom is 0.216 e. The number of amides is 1. The molecule has 18 heavy (non-hydrogen) atoms. The van der Waals surface area contributed by atoms with Crippen LogP contribution in [0.3, 0.4) is 0 Å². The van der Waals surface area contributed by atoms with Gasteiger partial charge in [-0.05, 0) is 17.7 Å². The fourth-order valence-corrected chi connectivity index (χ4v) is 1.72. The first-order chi connectivity index (χ1) is 8.58. The molecule has 0 saturated heterocycles. The number of aliphatic hydroxyl groups is 2. The number of rotatable bonds is 4. The number of hydrogen-bond donors (Lipinski definition) is 4. The van der Waals surface area contributed by atoms with Gasteiger partial charge in [-0.25, -0.2) is 4.98 Å². The Labute approximate surface area is 104 Å². The van der Waals surface area contributed by atoms with Crippen molar-refractivity contribution in [2.75, 3.05) is 6.54 Å². The van der Waals surface area contributed by atoms with Gasteiger partial charge in [-0.2, -0.15) is 0 Å². The Hall–Kier alpha value is -1.92. The third-order valence-electron chi connectivity index (χ3n) is 2.71. The summed E-state index contributed by atoms with van der Waals surface area (Å²) in [5.41, 5.74) is 2.16. The first kappa shape index (κ1) is 12.5. The lowest BCUT2D eigenvalue weighted by Gasteiger charge is -2.18. The first-order valence-corrected chi connectivity index (χ1v) is 5.61. The van der Waals surface area contributed by atoms with Crippen molar-refractivity contribution in [2.45, 2.75) is 19.1 Å². The van der Waals surface area contributed by atoms with E-state index < -0.39 is 12.2 Å². The Morgan fingerprint density at radius 1 is 1.50 bits per heavy atom. The van der Waals surface area contributed by atoms with Crippen molar-refractivity contribution in [2.24, 2.45) is 0 Å². The minimum Gasteiger partial charge on any atom is -0.388 e. The normalized spacial score (nSPS) is 14.4. The van der Waals surface area contributed by atoms with Gasteiger partial charge in [0.15, 0.2) is 0 Å². The van der Waals surface area contributed by atoms with Crippen LogP contribution in [0.15, 0.2) is 24.5 Å². The first-order valence-electron chi connectivity index (χ1n) is 5.61. The molecule has 1 heterocycles. The zero-order chi connectivity index (χ0) is 13.1. The van der Waals surface area contributed by atoms with E-state index in [9.17, 15) is 15.0 Å². The number of nitrogens with zero attached hydrogens (tertiary/aromatic N) is 1. The van der Waals surface area contributed by atoms with E-state index in [2.05, 4.69) is 15.3 Å². The average Bonchev–Trinajstić information content (AvgIpc) is 2.81. The molecule has 0 spiro atoms. The molecule has 6 heteroatoms. The quantitative estimate of drug-likeness (QED) is 0.617. The number of carbonyl (C=O) groups excluding carboxylic acids is 1. The second-order valence-corrected chi connectivity index (χ2v) is 4.13. The summed E-state index contributed by atoms with van der Waals surface area (Å²) in [7, 11) is 0. The summed E-state index contributed by atoms with van der Waals surface area (Å²) in [6.07, 6.45) is -0.534. The number of benzene rings is 1. The highest BCUT2D eigenvalue weighted by Crippen LogP contribution is 2.20. The number of aromatic amines is 1. The third kappa shape index (κ3) is 2.66. The third-order valence-corrected chi connectivity index (χ3v) is 2.71. The predicted octanol–water partition coefficient (Wildman–Crippen LogP) is 0.0933. The highest BCUT2D eigenvalue weighted by atomic mass is 16.3. The predicted molar refractivity (Wildman–Crippen MR) is 65.7 cm³/mol. The Balaban J connectivity index is 2.11. The average molecular weight is 249 g/mol. The van der Waals surface area contributed by atoms with Crippen LogP contribution in [0.5, 0.6) is 0 Å². The lowest BCUT2D eigenvalue weighted by molar-refractivity contribution is -0.119. The molecule has 0 radical (unpaired) electrons. The van der Waals surface area contributed by atoms with Crippen LogP contribution in [0.1, 0.15) is 18.6 Å². The van der Waals surface area contributed by atoms with Crippen molar-refractivity contribution in [1.29, 1.82) is 0 Å². The lowest BCUT2D eigenvalue weighted by atomic mass is 10.0. The summed E-state index contributed by atoms with van der Waals surface area (Å²) in [6.45, 7) is 1.37. The number of carbonyl (C=O) groups is 1. The number of aliphatic hydroxyl groups excluding tert-OH is 2. The molecule has 0 aliphatic carbocycles. The molecule has 4 N–H and O–H groups in total. The van der Waals surface area contributed by atoms with Gasteiger partial charge in [-0.15, -0.1) is 0 Å². The van der Waals surface area contributed by atoms with Crippen molar-refractivity contribution >= 4 is 16.9 Å². The summed E-state index contributed by atoms with van der Waals surface area (Å²) in [4.78, 5) is 17.7. The summed E-state index contributed by atoms with van der Waals surface area (Å²) < 4.78 is 0. The van der Waals surface area contributed by atoms with Crippen molar-refractivity contribution in [3.05, 3.63) is 30.1 Å². The number of hydrogen-bond acceptors (Lipinski definition) is 4. The fraction of sp³-hybridized carbons (Fsp3) is 0.333. The topological polar surface area (TPSA) is 98.2 Å². The molecule has 2 rings (SSSR count). The van der Waals surface area contributed by atoms with Crippen LogP contribution in [0.2, 0.25) is 0 Å². The maximum absolute atomic E-state index is 10.7. The second kappa shape index (κ2) is 5.16. The number of H-pyrrole nitrogens is 1. The molecule has 0 bridgehead atoms. The van der Waals surface area contributed by atoms with E-state index in [0.717, 1.165) is 11.0 Å². The molecule has 1 aromatic heterocycles. The number of fused-ring (bicyclic) bond motifs is 1. The molecule has 2 atom stereocenters. The summed E-state index contributed by atoms with van der Waals surface area (Å²) >= 11 is 0. The van der Waals surface area contributed by atoms with Gasteiger partial charge in [-0.1, -0.05) is 6.07 Å². The van der Waals surface area contributed by atoms with E-state index >= 15 is 0 Å². The second-order valence-electron chi connectivity index (χ2n) is 4.13. The molecule has 0 aliphatic heterocycles. The van der Waals surface area contributed by atoms with Crippen molar-refractivity contribution in [1.82, 2.24) is 15.3 Å². The molecule has 2 unspecified atom stereocenters. The monoisotopic (exact) mass is 249 g/mol. The molecule has 6 nitrogen and oxygen atoms in total. The van der Waals surface area contributed by atoms with Crippen molar-refractivity contribution < 1.29 is 15.0 Å². The Morgan fingerprint density at radius 2 is 2.28 bits per heavy atom. The van der Waals surface area contributed by atoms with Crippen LogP contribution in [-0.4, -0.2) is 38.7 Å². The van der Waals surface area contributed by atoms with Crippen LogP contribution in [0.4, 0.5) is 0 Å². The largest absolute Gasteiger partial charge is 0.388 e. The molecule has 1 amide bonds. The van der Waals surface area contributed by atoms with Crippen molar-refractivity contribution in [3.8, 4) is 0 Å². The van der Waals surface area contributed by atoms with Gasteiger partial charge in [-0.3, -0.25) is 4.79 Å². The van der Waals surface area contributed by atoms with E-state index in [4.69, 9.17) is 0 Å². The molecule has 0 aliphatic rings. The zero-order valence-electron chi connectivity index (χ0n) is 9.92. The van der Waals surface area contributed by atoms with Gasteiger partial charge in [0.1, 0.15) is 12.2 Å². The van der Waals surface area contributed by atoms with Gasteiger partial charge in [0.25, 0.3) is 0 Å². The van der Waals surface area contributed by atoms with Gasteiger partial charge in [0.05, 0.1) is 17.4 Å². The number of nitrogens with one attached hydrogen (secondary N) is 2. The minimum absolute atomic E-state index is 0.0114. The van der Waals surface area contributed by atoms with Crippen LogP contribution >= 0.6 is 0 Å². The number of imidazole rings is 1. The summed E-state index contributed by atoms with van der Waals surface area (Å²) in [5, 5.41) is 22.2. The fourth-order valence-electron chi connectivity index (χ4n) is 1.72. The number of aromatic nitrogens is 2. The molecule has 1 aromatic carbocycles. The standard InChI is InChI=1S/C12H15N3O3/c1-7(16)13-5-11(17)12(18)8-2-3-9-10(4-8)15-6-14-9/h2-4,6,11-12,17-18H,5H2,1H3,(H,13,16)(H,14,15).